The number of halogens is 3. The van der Waals surface area contributed by atoms with Crippen LogP contribution in [-0.2, 0) is 6.61 Å². The monoisotopic (exact) mass is 549 g/mol. The molecule has 0 aliphatic rings. The van der Waals surface area contributed by atoms with Crippen molar-refractivity contribution in [3.05, 3.63) is 39.4 Å². The van der Waals surface area contributed by atoms with Gasteiger partial charge in [-0.05, 0) is 62.4 Å². The van der Waals surface area contributed by atoms with E-state index < -0.39 is 30.2 Å². The van der Waals surface area contributed by atoms with Gasteiger partial charge in [-0.15, -0.1) is 0 Å². The van der Waals surface area contributed by atoms with Crippen LogP contribution in [0.15, 0.2) is 16.6 Å². The molecular formula is C20H26BrF2N5O4S. The summed E-state index contributed by atoms with van der Waals surface area (Å²) in [6.07, 6.45) is 3.27. The van der Waals surface area contributed by atoms with E-state index in [-0.39, 0.29) is 33.1 Å². The maximum Gasteiger partial charge on any atom is 0.319 e. The minimum Gasteiger partial charge on any atom is -0.471 e. The van der Waals surface area contributed by atoms with Gasteiger partial charge >= 0.3 is 6.03 Å². The number of nitrogens with one attached hydrogen (secondary N) is 3. The third kappa shape index (κ3) is 8.84. The second-order valence-electron chi connectivity index (χ2n) is 6.96. The van der Waals surface area contributed by atoms with Crippen LogP contribution < -0.4 is 26.4 Å². The first-order valence-electron chi connectivity index (χ1n) is 10.3. The zero-order valence-electron chi connectivity index (χ0n) is 17.8. The Morgan fingerprint density at radius 2 is 1.76 bits per heavy atom. The Kier molecular flexibility index (Phi) is 11.4. The SMILES string of the molecule is NC(=O)c1c(OCc2c(F)cc(Br)cc2F)nsc1NC(=O)NCCCCNCCCCO. The standard InChI is InChI=1S/C20H26BrF2N5O4S/c21-12-9-14(22)13(15(23)10-12)11-32-18-16(17(24)30)19(33-28-18)27-20(31)26-7-2-1-5-25-6-3-4-8-29/h9-10,25,29H,1-8,11H2,(H2,24,30)(H2,26,27,31). The largest absolute Gasteiger partial charge is 0.471 e. The number of carbonyl (C=O) groups excluding carboxylic acids is 2. The van der Waals surface area contributed by atoms with E-state index >= 15 is 0 Å². The topological polar surface area (TPSA) is 139 Å². The Labute approximate surface area is 202 Å². The number of aliphatic hydroxyl groups excluding tert-OH is 1. The normalized spacial score (nSPS) is 10.8. The molecule has 182 valence electrons. The van der Waals surface area contributed by atoms with Crippen molar-refractivity contribution in [1.82, 2.24) is 15.0 Å². The van der Waals surface area contributed by atoms with Gasteiger partial charge < -0.3 is 26.2 Å². The molecule has 2 rings (SSSR count). The number of hydrogen-bond donors (Lipinski definition) is 5. The van der Waals surface area contributed by atoms with E-state index in [2.05, 4.69) is 36.3 Å². The minimum absolute atomic E-state index is 0.0669. The molecule has 0 saturated heterocycles. The lowest BCUT2D eigenvalue weighted by Gasteiger charge is -2.09. The van der Waals surface area contributed by atoms with E-state index in [1.165, 1.54) is 0 Å². The molecule has 0 saturated carbocycles. The minimum atomic E-state index is -0.905. The fourth-order valence-electron chi connectivity index (χ4n) is 2.74. The average Bonchev–Trinajstić information content (AvgIpc) is 3.14. The number of unbranched alkanes of at least 4 members (excludes halogenated alkanes) is 2. The van der Waals surface area contributed by atoms with Gasteiger partial charge in [0.2, 0.25) is 5.88 Å². The van der Waals surface area contributed by atoms with E-state index in [1.807, 2.05) is 0 Å². The van der Waals surface area contributed by atoms with Crippen LogP contribution in [0.4, 0.5) is 18.6 Å². The molecule has 1 aromatic heterocycles. The fourth-order valence-corrected chi connectivity index (χ4v) is 3.88. The Morgan fingerprint density at radius 3 is 2.39 bits per heavy atom. The highest BCUT2D eigenvalue weighted by Crippen LogP contribution is 2.31. The molecule has 0 aliphatic heterocycles. The number of aromatic nitrogens is 1. The van der Waals surface area contributed by atoms with E-state index in [0.717, 1.165) is 62.4 Å². The highest BCUT2D eigenvalue weighted by Gasteiger charge is 2.23. The molecule has 2 aromatic rings. The molecule has 1 heterocycles. The predicted molar refractivity (Wildman–Crippen MR) is 124 cm³/mol. The molecule has 9 nitrogen and oxygen atoms in total. The highest BCUT2D eigenvalue weighted by atomic mass is 79.9. The molecular weight excluding hydrogens is 524 g/mol. The molecule has 0 atom stereocenters. The summed E-state index contributed by atoms with van der Waals surface area (Å²) in [5, 5.41) is 17.2. The second-order valence-corrected chi connectivity index (χ2v) is 8.65. The third-order valence-electron chi connectivity index (χ3n) is 4.42. The van der Waals surface area contributed by atoms with E-state index in [0.29, 0.717) is 6.54 Å². The average molecular weight is 550 g/mol. The summed E-state index contributed by atoms with van der Waals surface area (Å²) in [4.78, 5) is 24.0. The summed E-state index contributed by atoms with van der Waals surface area (Å²) in [6.45, 7) is 1.72. The van der Waals surface area contributed by atoms with Crippen molar-refractivity contribution in [2.45, 2.75) is 32.3 Å². The van der Waals surface area contributed by atoms with Crippen molar-refractivity contribution >= 4 is 44.4 Å². The predicted octanol–water partition coefficient (Wildman–Crippen LogP) is 3.13. The first-order chi connectivity index (χ1) is 15.8. The molecule has 6 N–H and O–H groups in total. The van der Waals surface area contributed by atoms with Crippen LogP contribution in [0.1, 0.15) is 41.6 Å². The molecule has 0 aliphatic carbocycles. The van der Waals surface area contributed by atoms with E-state index in [4.69, 9.17) is 15.6 Å². The number of amides is 3. The molecule has 13 heteroatoms. The van der Waals surface area contributed by atoms with Crippen molar-refractivity contribution in [2.75, 3.05) is 31.6 Å². The Morgan fingerprint density at radius 1 is 1.12 bits per heavy atom. The lowest BCUT2D eigenvalue weighted by Crippen LogP contribution is -2.30. The van der Waals surface area contributed by atoms with Gasteiger partial charge in [0.25, 0.3) is 5.91 Å². The van der Waals surface area contributed by atoms with Crippen molar-refractivity contribution in [3.8, 4) is 5.88 Å². The number of carbonyl (C=O) groups is 2. The van der Waals surface area contributed by atoms with Crippen LogP contribution in [0.5, 0.6) is 5.88 Å². The molecule has 33 heavy (non-hydrogen) atoms. The number of hydrogen-bond acceptors (Lipinski definition) is 7. The summed E-state index contributed by atoms with van der Waals surface area (Å²) in [5.74, 6) is -2.78. The van der Waals surface area contributed by atoms with Gasteiger partial charge in [-0.1, -0.05) is 15.9 Å². The first-order valence-corrected chi connectivity index (χ1v) is 11.8. The van der Waals surface area contributed by atoms with Crippen molar-refractivity contribution in [3.63, 3.8) is 0 Å². The smallest absolute Gasteiger partial charge is 0.319 e. The van der Waals surface area contributed by atoms with Crippen LogP contribution in [0.3, 0.4) is 0 Å². The van der Waals surface area contributed by atoms with Crippen LogP contribution in [0.25, 0.3) is 0 Å². The van der Waals surface area contributed by atoms with Crippen molar-refractivity contribution in [1.29, 1.82) is 0 Å². The maximum absolute atomic E-state index is 14.0. The summed E-state index contributed by atoms with van der Waals surface area (Å²) in [7, 11) is 0. The number of aliphatic hydroxyl groups is 1. The Hall–Kier alpha value is -2.35. The first kappa shape index (κ1) is 26.9. The molecule has 1 aromatic carbocycles. The van der Waals surface area contributed by atoms with Gasteiger partial charge in [-0.2, -0.15) is 4.37 Å². The quantitative estimate of drug-likeness (QED) is 0.229. The van der Waals surface area contributed by atoms with Crippen molar-refractivity contribution < 1.29 is 28.2 Å². The van der Waals surface area contributed by atoms with Crippen LogP contribution >= 0.6 is 27.5 Å². The summed E-state index contributed by atoms with van der Waals surface area (Å²) in [6, 6.07) is 1.62. The summed E-state index contributed by atoms with van der Waals surface area (Å²) >= 11 is 3.76. The lowest BCUT2D eigenvalue weighted by molar-refractivity contribution is 0.0996. The van der Waals surface area contributed by atoms with Crippen LogP contribution in [0.2, 0.25) is 0 Å². The number of nitrogens with zero attached hydrogens (tertiary/aromatic N) is 1. The molecule has 3 amide bonds. The molecule has 0 unspecified atom stereocenters. The maximum atomic E-state index is 14.0. The number of benzene rings is 1. The number of rotatable bonds is 14. The number of urea groups is 1. The van der Waals surface area contributed by atoms with Gasteiger partial charge in [0.15, 0.2) is 0 Å². The third-order valence-corrected chi connectivity index (χ3v) is 5.62. The summed E-state index contributed by atoms with van der Waals surface area (Å²) in [5.41, 5.74) is 4.87. The zero-order valence-corrected chi connectivity index (χ0v) is 20.2. The van der Waals surface area contributed by atoms with Gasteiger partial charge in [-0.25, -0.2) is 13.6 Å². The Bertz CT molecular complexity index is 924. The molecule has 0 spiro atoms. The van der Waals surface area contributed by atoms with E-state index in [9.17, 15) is 18.4 Å². The van der Waals surface area contributed by atoms with Gasteiger partial charge in [0, 0.05) is 17.6 Å². The number of anilines is 1. The molecule has 0 fully saturated rings. The fraction of sp³-hybridized carbons (Fsp3) is 0.450. The number of ether oxygens (including phenoxy) is 1. The van der Waals surface area contributed by atoms with Gasteiger partial charge in [0.05, 0.1) is 5.56 Å². The zero-order chi connectivity index (χ0) is 24.2. The summed E-state index contributed by atoms with van der Waals surface area (Å²) < 4.78 is 37.4. The number of primary amides is 1. The van der Waals surface area contributed by atoms with E-state index in [1.54, 1.807) is 0 Å². The van der Waals surface area contributed by atoms with Crippen LogP contribution in [-0.4, -0.2) is 47.7 Å². The van der Waals surface area contributed by atoms with Gasteiger partial charge in [-0.3, -0.25) is 10.1 Å². The van der Waals surface area contributed by atoms with Gasteiger partial charge in [0.1, 0.15) is 28.8 Å². The molecule has 0 bridgehead atoms. The molecule has 0 radical (unpaired) electrons. The number of nitrogens with two attached hydrogens (primary N) is 1. The second kappa shape index (κ2) is 14.0. The van der Waals surface area contributed by atoms with Crippen LogP contribution in [0, 0.1) is 11.6 Å². The highest BCUT2D eigenvalue weighted by molar-refractivity contribution is 9.10. The lowest BCUT2D eigenvalue weighted by atomic mass is 10.2. The Balaban J connectivity index is 1.84. The van der Waals surface area contributed by atoms with Crippen molar-refractivity contribution in [2.24, 2.45) is 5.73 Å².